The predicted octanol–water partition coefficient (Wildman–Crippen LogP) is 4.68. The number of halogens is 1. The van der Waals surface area contributed by atoms with Gasteiger partial charge < -0.3 is 15.7 Å². The third-order valence-corrected chi connectivity index (χ3v) is 4.61. The fourth-order valence-electron chi connectivity index (χ4n) is 2.87. The van der Waals surface area contributed by atoms with Crippen molar-refractivity contribution in [2.75, 3.05) is 11.9 Å². The summed E-state index contributed by atoms with van der Waals surface area (Å²) in [7, 11) is 0. The minimum Gasteiger partial charge on any atom is -0.392 e. The number of anilines is 2. The number of hydrogen-bond acceptors (Lipinski definition) is 5. The Kier molecular flexibility index (Phi) is 6.82. The summed E-state index contributed by atoms with van der Waals surface area (Å²) in [5.74, 6) is -0.326. The number of nitrogens with zero attached hydrogens (tertiary/aromatic N) is 2. The summed E-state index contributed by atoms with van der Waals surface area (Å²) in [5.41, 5.74) is 4.97. The molecule has 3 rings (SSSR count). The van der Waals surface area contributed by atoms with Gasteiger partial charge in [0.25, 0.3) is 5.91 Å². The van der Waals surface area contributed by atoms with E-state index in [1.165, 1.54) is 6.20 Å². The highest BCUT2D eigenvalue weighted by atomic mass is 35.5. The van der Waals surface area contributed by atoms with Crippen LogP contribution >= 0.6 is 11.6 Å². The molecule has 1 aromatic carbocycles. The van der Waals surface area contributed by atoms with Gasteiger partial charge in [-0.3, -0.25) is 14.8 Å². The van der Waals surface area contributed by atoms with Crippen LogP contribution in [0, 0.1) is 0 Å². The normalized spacial score (nSPS) is 11.6. The number of rotatable bonds is 7. The molecule has 3 N–H and O–H groups in total. The van der Waals surface area contributed by atoms with E-state index in [1.807, 2.05) is 37.3 Å². The second-order valence-electron chi connectivity index (χ2n) is 7.01. The average molecular weight is 423 g/mol. The molecule has 1 atom stereocenters. The van der Waals surface area contributed by atoms with Crippen molar-refractivity contribution >= 4 is 34.5 Å². The van der Waals surface area contributed by atoms with E-state index < -0.39 is 6.10 Å². The van der Waals surface area contributed by atoms with Crippen molar-refractivity contribution in [3.63, 3.8) is 0 Å². The quantitative estimate of drug-likeness (QED) is 0.514. The van der Waals surface area contributed by atoms with Crippen LogP contribution in [-0.4, -0.2) is 33.6 Å². The molecule has 0 radical (unpaired) electrons. The van der Waals surface area contributed by atoms with E-state index in [-0.39, 0.29) is 12.5 Å². The fourth-order valence-corrected chi connectivity index (χ4v) is 3.06. The van der Waals surface area contributed by atoms with E-state index in [2.05, 4.69) is 27.2 Å². The number of aromatic nitrogens is 2. The minimum absolute atomic E-state index is 0.151. The lowest BCUT2D eigenvalue weighted by atomic mass is 10.0. The van der Waals surface area contributed by atoms with Crippen LogP contribution in [0.3, 0.4) is 0 Å². The molecule has 2 heterocycles. The number of aliphatic hydroxyl groups is 1. The molecule has 154 valence electrons. The van der Waals surface area contributed by atoms with Gasteiger partial charge in [0, 0.05) is 47.0 Å². The molecule has 0 aliphatic carbocycles. The third-order valence-electron chi connectivity index (χ3n) is 4.38. The number of hydrogen-bond donors (Lipinski definition) is 3. The second-order valence-corrected chi connectivity index (χ2v) is 7.45. The van der Waals surface area contributed by atoms with E-state index in [9.17, 15) is 9.90 Å². The molecule has 0 fully saturated rings. The van der Waals surface area contributed by atoms with Gasteiger partial charge in [-0.05, 0) is 43.7 Å². The van der Waals surface area contributed by atoms with Gasteiger partial charge in [0.1, 0.15) is 0 Å². The molecule has 6 nitrogen and oxygen atoms in total. The second kappa shape index (κ2) is 9.52. The van der Waals surface area contributed by atoms with Crippen LogP contribution in [0.15, 0.2) is 61.6 Å². The van der Waals surface area contributed by atoms with Crippen molar-refractivity contribution in [2.45, 2.75) is 20.0 Å². The number of pyridine rings is 2. The maximum atomic E-state index is 12.6. The summed E-state index contributed by atoms with van der Waals surface area (Å²) >= 11 is 6.13. The first kappa shape index (κ1) is 21.5. The molecule has 30 heavy (non-hydrogen) atoms. The summed E-state index contributed by atoms with van der Waals surface area (Å²) in [6.07, 6.45) is 4.19. The van der Waals surface area contributed by atoms with Crippen LogP contribution in [-0.2, 0) is 0 Å². The Morgan fingerprint density at radius 2 is 2.00 bits per heavy atom. The van der Waals surface area contributed by atoms with Crippen LogP contribution in [0.5, 0.6) is 0 Å². The number of carbonyl (C=O) groups is 1. The molecule has 0 spiro atoms. The lowest BCUT2D eigenvalue weighted by Gasteiger charge is -2.16. The lowest BCUT2D eigenvalue weighted by molar-refractivity contribution is 0.0924. The van der Waals surface area contributed by atoms with Gasteiger partial charge in [-0.2, -0.15) is 0 Å². The van der Waals surface area contributed by atoms with Crippen LogP contribution in [0.25, 0.3) is 16.8 Å². The lowest BCUT2D eigenvalue weighted by Crippen LogP contribution is -2.31. The first-order valence-electron chi connectivity index (χ1n) is 9.44. The maximum Gasteiger partial charge on any atom is 0.255 e. The van der Waals surface area contributed by atoms with Crippen molar-refractivity contribution in [1.29, 1.82) is 0 Å². The highest BCUT2D eigenvalue weighted by Crippen LogP contribution is 2.31. The van der Waals surface area contributed by atoms with Gasteiger partial charge in [-0.1, -0.05) is 30.3 Å². The summed E-state index contributed by atoms with van der Waals surface area (Å²) in [4.78, 5) is 21.2. The Balaban J connectivity index is 1.99. The highest BCUT2D eigenvalue weighted by molar-refractivity contribution is 6.30. The first-order chi connectivity index (χ1) is 14.3. The van der Waals surface area contributed by atoms with Crippen LogP contribution in [0.1, 0.15) is 29.8 Å². The van der Waals surface area contributed by atoms with Gasteiger partial charge >= 0.3 is 0 Å². The van der Waals surface area contributed by atoms with Gasteiger partial charge in [0.05, 0.1) is 23.0 Å². The summed E-state index contributed by atoms with van der Waals surface area (Å²) in [6.45, 7) is 7.68. The Morgan fingerprint density at radius 3 is 2.70 bits per heavy atom. The molecule has 0 bridgehead atoms. The van der Waals surface area contributed by atoms with Crippen molar-refractivity contribution < 1.29 is 9.90 Å². The smallest absolute Gasteiger partial charge is 0.255 e. The molecule has 0 saturated carbocycles. The van der Waals surface area contributed by atoms with Crippen LogP contribution in [0.2, 0.25) is 5.02 Å². The van der Waals surface area contributed by atoms with E-state index in [4.69, 9.17) is 11.6 Å². The van der Waals surface area contributed by atoms with Crippen molar-refractivity contribution in [2.24, 2.45) is 0 Å². The van der Waals surface area contributed by atoms with Crippen LogP contribution < -0.4 is 10.6 Å². The Morgan fingerprint density at radius 1 is 1.20 bits per heavy atom. The summed E-state index contributed by atoms with van der Waals surface area (Å²) in [6, 6.07) is 11.1. The van der Waals surface area contributed by atoms with Gasteiger partial charge in [-0.15, -0.1) is 0 Å². The molecule has 0 aliphatic heterocycles. The highest BCUT2D eigenvalue weighted by Gasteiger charge is 2.15. The molecular weight excluding hydrogens is 400 g/mol. The Bertz CT molecular complexity index is 1080. The molecule has 2 aromatic heterocycles. The zero-order chi connectivity index (χ0) is 21.7. The number of allylic oxidation sites excluding steroid dienone is 1. The summed E-state index contributed by atoms with van der Waals surface area (Å²) < 4.78 is 0. The van der Waals surface area contributed by atoms with Crippen molar-refractivity contribution in [3.05, 3.63) is 77.7 Å². The Labute approximate surface area is 180 Å². The molecular formula is C23H23ClN4O2. The number of aliphatic hydroxyl groups excluding tert-OH is 1. The number of amides is 1. The monoisotopic (exact) mass is 422 g/mol. The number of carbonyl (C=O) groups excluding carboxylic acids is 1. The van der Waals surface area contributed by atoms with E-state index in [0.717, 1.165) is 28.1 Å². The average Bonchev–Trinajstić information content (AvgIpc) is 2.72. The molecule has 0 aliphatic rings. The molecule has 0 unspecified atom stereocenters. The van der Waals surface area contributed by atoms with Crippen LogP contribution in [0.4, 0.5) is 11.4 Å². The predicted molar refractivity (Wildman–Crippen MR) is 121 cm³/mol. The van der Waals surface area contributed by atoms with Crippen molar-refractivity contribution in [1.82, 2.24) is 15.3 Å². The van der Waals surface area contributed by atoms with E-state index >= 15 is 0 Å². The minimum atomic E-state index is -0.641. The van der Waals surface area contributed by atoms with E-state index in [0.29, 0.717) is 16.3 Å². The maximum absolute atomic E-state index is 12.6. The first-order valence-corrected chi connectivity index (χ1v) is 9.82. The SMILES string of the molecule is C=C(C)c1cnc(-c2cccc(Cl)c2)cc1Nc1ccncc1C(=O)NC[C@H](C)O. The molecule has 0 saturated heterocycles. The standard InChI is InChI=1S/C23H23ClN4O2/c1-14(2)18-13-26-21(16-5-4-6-17(24)9-16)10-22(18)28-20-7-8-25-12-19(20)23(30)27-11-15(3)29/h4-10,12-13,15,29H,1,11H2,2-3H3,(H,27,30)(H,25,26,28)/t15-/m0/s1. The van der Waals surface area contributed by atoms with E-state index in [1.54, 1.807) is 25.4 Å². The molecule has 1 amide bonds. The fraction of sp³-hybridized carbons (Fsp3) is 0.174. The Hall–Kier alpha value is -3.22. The third kappa shape index (κ3) is 5.23. The van der Waals surface area contributed by atoms with Gasteiger partial charge in [0.2, 0.25) is 0 Å². The summed E-state index contributed by atoms with van der Waals surface area (Å²) in [5, 5.41) is 16.1. The number of nitrogens with one attached hydrogen (secondary N) is 2. The van der Waals surface area contributed by atoms with Crippen molar-refractivity contribution in [3.8, 4) is 11.3 Å². The molecule has 3 aromatic rings. The zero-order valence-electron chi connectivity index (χ0n) is 16.8. The zero-order valence-corrected chi connectivity index (χ0v) is 17.6. The van der Waals surface area contributed by atoms with Gasteiger partial charge in [0.15, 0.2) is 0 Å². The van der Waals surface area contributed by atoms with Gasteiger partial charge in [-0.25, -0.2) is 0 Å². The topological polar surface area (TPSA) is 87.1 Å². The largest absolute Gasteiger partial charge is 0.392 e. The molecule has 7 heteroatoms. The number of benzene rings is 1.